The van der Waals surface area contributed by atoms with Gasteiger partial charge < -0.3 is 15.8 Å². The van der Waals surface area contributed by atoms with Gasteiger partial charge in [0.05, 0.1) is 6.54 Å². The van der Waals surface area contributed by atoms with Crippen LogP contribution in [0.3, 0.4) is 0 Å². The van der Waals surface area contributed by atoms with Gasteiger partial charge in [-0.05, 0) is 24.1 Å². The molecule has 0 saturated heterocycles. The summed E-state index contributed by atoms with van der Waals surface area (Å²) in [6.07, 6.45) is 5.91. The Bertz CT molecular complexity index is 420. The maximum Gasteiger partial charge on any atom is 0.258 e. The van der Waals surface area contributed by atoms with Gasteiger partial charge >= 0.3 is 0 Å². The molecule has 1 amide bonds. The molecule has 18 heavy (non-hydrogen) atoms. The minimum Gasteiger partial charge on any atom is -0.484 e. The van der Waals surface area contributed by atoms with Gasteiger partial charge in [-0.1, -0.05) is 25.0 Å². The molecule has 1 aromatic carbocycles. The van der Waals surface area contributed by atoms with Crippen molar-refractivity contribution in [2.75, 3.05) is 13.2 Å². The van der Waals surface area contributed by atoms with E-state index in [-0.39, 0.29) is 25.1 Å². The number of rotatable bonds is 6. The van der Waals surface area contributed by atoms with Gasteiger partial charge in [-0.2, -0.15) is 0 Å². The van der Waals surface area contributed by atoms with Gasteiger partial charge in [0, 0.05) is 6.04 Å². The molecule has 0 aliphatic rings. The fourth-order valence-electron chi connectivity index (χ4n) is 1.40. The van der Waals surface area contributed by atoms with Gasteiger partial charge in [0.1, 0.15) is 5.75 Å². The van der Waals surface area contributed by atoms with E-state index in [9.17, 15) is 4.79 Å². The van der Waals surface area contributed by atoms with Crippen LogP contribution in [-0.4, -0.2) is 19.1 Å². The van der Waals surface area contributed by atoms with Crippen LogP contribution in [0.2, 0.25) is 0 Å². The number of nitrogens with one attached hydrogen (secondary N) is 1. The summed E-state index contributed by atoms with van der Waals surface area (Å²) < 4.78 is 5.31. The first-order valence-corrected chi connectivity index (χ1v) is 5.85. The Balaban J connectivity index is 2.44. The Kier molecular flexibility index (Phi) is 5.75. The van der Waals surface area contributed by atoms with E-state index in [1.165, 1.54) is 0 Å². The predicted octanol–water partition coefficient (Wildman–Crippen LogP) is 1.22. The van der Waals surface area contributed by atoms with Crippen LogP contribution < -0.4 is 15.8 Å². The summed E-state index contributed by atoms with van der Waals surface area (Å²) in [6, 6.07) is 7.46. The minimum atomic E-state index is -0.234. The van der Waals surface area contributed by atoms with Gasteiger partial charge in [-0.15, -0.1) is 6.42 Å². The lowest BCUT2D eigenvalue weighted by Gasteiger charge is -2.10. The van der Waals surface area contributed by atoms with E-state index in [1.807, 2.05) is 19.1 Å². The third kappa shape index (κ3) is 4.48. The van der Waals surface area contributed by atoms with Crippen LogP contribution in [0.4, 0.5) is 0 Å². The number of hydrogen-bond donors (Lipinski definition) is 2. The Morgan fingerprint density at radius 2 is 2.17 bits per heavy atom. The number of carbonyl (C=O) groups excluding carboxylic acids is 1. The number of carbonyl (C=O) groups is 1. The molecule has 3 N–H and O–H groups in total. The lowest BCUT2D eigenvalue weighted by Crippen LogP contribution is -2.29. The molecular weight excluding hydrogens is 228 g/mol. The van der Waals surface area contributed by atoms with Crippen LogP contribution in [0.5, 0.6) is 5.75 Å². The van der Waals surface area contributed by atoms with Crippen LogP contribution in [0.25, 0.3) is 0 Å². The second-order valence-electron chi connectivity index (χ2n) is 3.85. The summed E-state index contributed by atoms with van der Waals surface area (Å²) in [5.41, 5.74) is 6.95. The van der Waals surface area contributed by atoms with Crippen LogP contribution in [0, 0.1) is 12.3 Å². The lowest BCUT2D eigenvalue weighted by molar-refractivity contribution is -0.122. The summed E-state index contributed by atoms with van der Waals surface area (Å²) >= 11 is 0. The number of ether oxygens (including phenoxy) is 1. The monoisotopic (exact) mass is 246 g/mol. The Labute approximate surface area is 108 Å². The zero-order valence-electron chi connectivity index (χ0n) is 10.5. The fraction of sp³-hybridized carbons (Fsp3) is 0.357. The van der Waals surface area contributed by atoms with Crippen molar-refractivity contribution >= 4 is 5.91 Å². The molecule has 4 nitrogen and oxygen atoms in total. The molecule has 0 radical (unpaired) electrons. The first-order chi connectivity index (χ1) is 8.67. The van der Waals surface area contributed by atoms with Crippen molar-refractivity contribution < 1.29 is 9.53 Å². The molecule has 0 bridgehead atoms. The molecule has 1 rings (SSSR count). The third-order valence-corrected chi connectivity index (χ3v) is 2.51. The second kappa shape index (κ2) is 7.36. The van der Waals surface area contributed by atoms with E-state index in [0.29, 0.717) is 5.75 Å². The Morgan fingerprint density at radius 1 is 1.50 bits per heavy atom. The molecule has 1 aromatic rings. The van der Waals surface area contributed by atoms with Crippen LogP contribution >= 0.6 is 0 Å². The highest BCUT2D eigenvalue weighted by molar-refractivity contribution is 5.77. The standard InChI is InChI=1S/C14H18N2O2/c1-3-9-16-14(17)10-18-12-7-5-11(6-8-12)13(15)4-2/h1,5-8,13H,4,9-10,15H2,2H3,(H,16,17)/t13-/m1/s1. The van der Waals surface area contributed by atoms with Crippen LogP contribution in [0.15, 0.2) is 24.3 Å². The Hall–Kier alpha value is -1.99. The van der Waals surface area contributed by atoms with Crippen LogP contribution in [-0.2, 0) is 4.79 Å². The summed E-state index contributed by atoms with van der Waals surface area (Å²) in [5.74, 6) is 2.72. The van der Waals surface area contributed by atoms with Crippen molar-refractivity contribution in [1.82, 2.24) is 5.32 Å². The van der Waals surface area contributed by atoms with E-state index in [1.54, 1.807) is 12.1 Å². The zero-order valence-corrected chi connectivity index (χ0v) is 10.5. The minimum absolute atomic E-state index is 0.0398. The second-order valence-corrected chi connectivity index (χ2v) is 3.85. The van der Waals surface area contributed by atoms with E-state index in [0.717, 1.165) is 12.0 Å². The van der Waals surface area contributed by atoms with E-state index in [2.05, 4.69) is 11.2 Å². The Morgan fingerprint density at radius 3 is 2.72 bits per heavy atom. The van der Waals surface area contributed by atoms with Crippen molar-refractivity contribution in [3.8, 4) is 18.1 Å². The molecule has 1 atom stereocenters. The maximum atomic E-state index is 11.2. The number of terminal acetylenes is 1. The summed E-state index contributed by atoms with van der Waals surface area (Å²) in [4.78, 5) is 11.2. The third-order valence-electron chi connectivity index (χ3n) is 2.51. The maximum absolute atomic E-state index is 11.2. The zero-order chi connectivity index (χ0) is 13.4. The molecule has 0 fully saturated rings. The van der Waals surface area contributed by atoms with Gasteiger partial charge in [-0.3, -0.25) is 4.79 Å². The normalized spacial score (nSPS) is 11.4. The molecule has 4 heteroatoms. The van der Waals surface area contributed by atoms with E-state index >= 15 is 0 Å². The van der Waals surface area contributed by atoms with E-state index < -0.39 is 0 Å². The number of amides is 1. The number of hydrogen-bond acceptors (Lipinski definition) is 3. The summed E-state index contributed by atoms with van der Waals surface area (Å²) in [5, 5.41) is 2.52. The molecule has 0 unspecified atom stereocenters. The highest BCUT2D eigenvalue weighted by atomic mass is 16.5. The van der Waals surface area contributed by atoms with Gasteiger partial charge in [-0.25, -0.2) is 0 Å². The largest absolute Gasteiger partial charge is 0.484 e. The van der Waals surface area contributed by atoms with Crippen LogP contribution in [0.1, 0.15) is 24.9 Å². The lowest BCUT2D eigenvalue weighted by atomic mass is 10.1. The fourth-order valence-corrected chi connectivity index (χ4v) is 1.40. The summed E-state index contributed by atoms with van der Waals surface area (Å²) in [7, 11) is 0. The molecule has 0 aliphatic heterocycles. The van der Waals surface area contributed by atoms with Gasteiger partial charge in [0.25, 0.3) is 5.91 Å². The molecule has 0 heterocycles. The SMILES string of the molecule is C#CCNC(=O)COc1ccc([C@H](N)CC)cc1. The average molecular weight is 246 g/mol. The van der Waals surface area contributed by atoms with E-state index in [4.69, 9.17) is 16.9 Å². The molecular formula is C14H18N2O2. The first-order valence-electron chi connectivity index (χ1n) is 5.85. The number of benzene rings is 1. The van der Waals surface area contributed by atoms with Gasteiger partial charge in [0.2, 0.25) is 0 Å². The molecule has 0 spiro atoms. The number of nitrogens with two attached hydrogens (primary N) is 1. The highest BCUT2D eigenvalue weighted by Gasteiger charge is 2.04. The summed E-state index contributed by atoms with van der Waals surface area (Å²) in [6.45, 7) is 2.21. The first kappa shape index (κ1) is 14.1. The molecule has 0 saturated carbocycles. The van der Waals surface area contributed by atoms with Crippen molar-refractivity contribution in [1.29, 1.82) is 0 Å². The average Bonchev–Trinajstić information content (AvgIpc) is 2.42. The predicted molar refractivity (Wildman–Crippen MR) is 71.0 cm³/mol. The highest BCUT2D eigenvalue weighted by Crippen LogP contribution is 2.18. The quantitative estimate of drug-likeness (QED) is 0.742. The molecule has 96 valence electrons. The van der Waals surface area contributed by atoms with Crippen molar-refractivity contribution in [3.05, 3.63) is 29.8 Å². The van der Waals surface area contributed by atoms with Crippen molar-refractivity contribution in [3.63, 3.8) is 0 Å². The smallest absolute Gasteiger partial charge is 0.258 e. The van der Waals surface area contributed by atoms with Gasteiger partial charge in [0.15, 0.2) is 6.61 Å². The topological polar surface area (TPSA) is 64.3 Å². The van der Waals surface area contributed by atoms with Crippen molar-refractivity contribution in [2.45, 2.75) is 19.4 Å². The molecule has 0 aromatic heterocycles. The van der Waals surface area contributed by atoms with Crippen molar-refractivity contribution in [2.24, 2.45) is 5.73 Å². The molecule has 0 aliphatic carbocycles.